The van der Waals surface area contributed by atoms with Gasteiger partial charge in [0.1, 0.15) is 0 Å². The fourth-order valence-corrected chi connectivity index (χ4v) is 3.06. The average molecular weight is 359 g/mol. The third-order valence-corrected chi connectivity index (χ3v) is 4.55. The first kappa shape index (κ1) is 16.6. The average Bonchev–Trinajstić information content (AvgIpc) is 2.78. The van der Waals surface area contributed by atoms with Crippen LogP contribution in [0.2, 0.25) is 10.0 Å². The van der Waals surface area contributed by atoms with Gasteiger partial charge in [0.25, 0.3) is 5.56 Å². The second kappa shape index (κ2) is 6.71. The summed E-state index contributed by atoms with van der Waals surface area (Å²) < 4.78 is 3.50. The third-order valence-electron chi connectivity index (χ3n) is 3.99. The van der Waals surface area contributed by atoms with E-state index in [1.54, 1.807) is 22.9 Å². The van der Waals surface area contributed by atoms with Crippen LogP contribution < -0.4 is 5.56 Å². The minimum Gasteiger partial charge on any atom is -0.285 e. The van der Waals surface area contributed by atoms with Gasteiger partial charge in [0.05, 0.1) is 11.3 Å². The molecule has 0 fully saturated rings. The summed E-state index contributed by atoms with van der Waals surface area (Å²) in [5.74, 6) is 0. The van der Waals surface area contributed by atoms with Crippen molar-refractivity contribution in [1.82, 2.24) is 9.36 Å². The Morgan fingerprint density at radius 3 is 2.38 bits per heavy atom. The zero-order valence-electron chi connectivity index (χ0n) is 13.3. The number of halogens is 2. The highest BCUT2D eigenvalue weighted by atomic mass is 35.5. The number of benzene rings is 2. The first-order valence-corrected chi connectivity index (χ1v) is 8.22. The molecule has 0 spiro atoms. The van der Waals surface area contributed by atoms with Crippen molar-refractivity contribution in [3.63, 3.8) is 0 Å². The number of hydrogen-bond acceptors (Lipinski definition) is 1. The first-order chi connectivity index (χ1) is 11.5. The Hall–Kier alpha value is -2.23. The molecule has 122 valence electrons. The molecule has 0 bridgehead atoms. The Morgan fingerprint density at radius 1 is 1.00 bits per heavy atom. The number of rotatable bonds is 3. The molecule has 1 heterocycles. The molecule has 0 unspecified atom stereocenters. The zero-order valence-corrected chi connectivity index (χ0v) is 14.8. The van der Waals surface area contributed by atoms with Gasteiger partial charge in [-0.05, 0) is 42.8 Å². The van der Waals surface area contributed by atoms with Crippen LogP contribution in [-0.2, 0) is 7.05 Å². The van der Waals surface area contributed by atoms with Gasteiger partial charge in [-0.25, -0.2) is 4.68 Å². The van der Waals surface area contributed by atoms with Crippen molar-refractivity contribution in [2.75, 3.05) is 0 Å². The zero-order chi connectivity index (χ0) is 17.3. The van der Waals surface area contributed by atoms with E-state index in [4.69, 9.17) is 23.2 Å². The number of aromatic nitrogens is 2. The van der Waals surface area contributed by atoms with Crippen LogP contribution in [0.25, 0.3) is 17.8 Å². The second-order valence-electron chi connectivity index (χ2n) is 5.47. The summed E-state index contributed by atoms with van der Waals surface area (Å²) in [7, 11) is 1.87. The van der Waals surface area contributed by atoms with E-state index >= 15 is 0 Å². The lowest BCUT2D eigenvalue weighted by molar-refractivity contribution is 0.630. The van der Waals surface area contributed by atoms with Gasteiger partial charge in [-0.3, -0.25) is 9.48 Å². The van der Waals surface area contributed by atoms with Crippen molar-refractivity contribution in [1.29, 1.82) is 0 Å². The van der Waals surface area contributed by atoms with Crippen LogP contribution in [0.15, 0.2) is 53.3 Å². The minimum atomic E-state index is -0.0671. The molecule has 0 radical (unpaired) electrons. The molecule has 0 amide bonds. The van der Waals surface area contributed by atoms with Crippen molar-refractivity contribution >= 4 is 35.4 Å². The Balaban J connectivity index is 2.07. The van der Waals surface area contributed by atoms with E-state index in [1.807, 2.05) is 61.1 Å². The molecule has 24 heavy (non-hydrogen) atoms. The summed E-state index contributed by atoms with van der Waals surface area (Å²) in [5.41, 5.74) is 3.09. The summed E-state index contributed by atoms with van der Waals surface area (Å²) >= 11 is 12.1. The van der Waals surface area contributed by atoms with Gasteiger partial charge in [-0.15, -0.1) is 0 Å². The standard InChI is InChI=1S/C19H16Cl2N2O/c1-13-17(11-9-14-8-10-15(20)12-18(14)21)19(24)23(22(13)2)16-6-4-3-5-7-16/h3-12H,1-2H3. The van der Waals surface area contributed by atoms with Gasteiger partial charge in [0.15, 0.2) is 0 Å². The number of nitrogens with zero attached hydrogens (tertiary/aromatic N) is 2. The van der Waals surface area contributed by atoms with E-state index in [2.05, 4.69) is 0 Å². The van der Waals surface area contributed by atoms with E-state index in [9.17, 15) is 4.79 Å². The normalized spacial score (nSPS) is 11.3. The maximum absolute atomic E-state index is 12.8. The highest BCUT2D eigenvalue weighted by Gasteiger charge is 2.13. The quantitative estimate of drug-likeness (QED) is 0.649. The van der Waals surface area contributed by atoms with Gasteiger partial charge in [-0.1, -0.05) is 53.5 Å². The van der Waals surface area contributed by atoms with Crippen molar-refractivity contribution in [3.05, 3.63) is 85.8 Å². The van der Waals surface area contributed by atoms with Crippen molar-refractivity contribution in [2.24, 2.45) is 7.05 Å². The number of hydrogen-bond donors (Lipinski definition) is 0. The molecule has 0 saturated heterocycles. The molecule has 3 nitrogen and oxygen atoms in total. The Morgan fingerprint density at radius 2 is 1.71 bits per heavy atom. The summed E-state index contributed by atoms with van der Waals surface area (Å²) in [5, 5.41) is 1.13. The van der Waals surface area contributed by atoms with Crippen molar-refractivity contribution < 1.29 is 0 Å². The molecule has 0 aliphatic heterocycles. The smallest absolute Gasteiger partial charge is 0.278 e. The molecular formula is C19H16Cl2N2O. The van der Waals surface area contributed by atoms with Crippen LogP contribution in [0.1, 0.15) is 16.8 Å². The Labute approximate surface area is 150 Å². The van der Waals surface area contributed by atoms with Crippen LogP contribution in [-0.4, -0.2) is 9.36 Å². The van der Waals surface area contributed by atoms with Gasteiger partial charge in [0, 0.05) is 22.8 Å². The lowest BCUT2D eigenvalue weighted by Crippen LogP contribution is -2.20. The van der Waals surface area contributed by atoms with E-state index in [0.717, 1.165) is 16.9 Å². The van der Waals surface area contributed by atoms with Crippen LogP contribution in [0, 0.1) is 6.92 Å². The molecule has 2 aromatic carbocycles. The molecule has 0 aliphatic carbocycles. The van der Waals surface area contributed by atoms with Crippen LogP contribution in [0.3, 0.4) is 0 Å². The predicted octanol–water partition coefficient (Wildman–Crippen LogP) is 4.96. The molecule has 0 atom stereocenters. The van der Waals surface area contributed by atoms with Crippen LogP contribution in [0.4, 0.5) is 0 Å². The maximum Gasteiger partial charge on any atom is 0.278 e. The highest BCUT2D eigenvalue weighted by molar-refractivity contribution is 6.35. The van der Waals surface area contributed by atoms with Gasteiger partial charge < -0.3 is 0 Å². The van der Waals surface area contributed by atoms with Gasteiger partial charge in [-0.2, -0.15) is 0 Å². The highest BCUT2D eigenvalue weighted by Crippen LogP contribution is 2.23. The molecule has 3 aromatic rings. The van der Waals surface area contributed by atoms with E-state index in [1.165, 1.54) is 0 Å². The Kier molecular flexibility index (Phi) is 4.65. The minimum absolute atomic E-state index is 0.0671. The summed E-state index contributed by atoms with van der Waals surface area (Å²) in [6.45, 7) is 1.92. The lowest BCUT2D eigenvalue weighted by Gasteiger charge is -2.07. The summed E-state index contributed by atoms with van der Waals surface area (Å²) in [6.07, 6.45) is 3.63. The monoisotopic (exact) mass is 358 g/mol. The third kappa shape index (κ3) is 3.05. The fourth-order valence-electron chi connectivity index (χ4n) is 2.59. The summed E-state index contributed by atoms with van der Waals surface area (Å²) in [4.78, 5) is 12.8. The SMILES string of the molecule is Cc1c(C=Cc2ccc(Cl)cc2Cl)c(=O)n(-c2ccccc2)n1C. The largest absolute Gasteiger partial charge is 0.285 e. The summed E-state index contributed by atoms with van der Waals surface area (Å²) in [6, 6.07) is 14.8. The lowest BCUT2D eigenvalue weighted by atomic mass is 10.1. The van der Waals surface area contributed by atoms with Crippen molar-refractivity contribution in [2.45, 2.75) is 6.92 Å². The van der Waals surface area contributed by atoms with E-state index in [-0.39, 0.29) is 5.56 Å². The van der Waals surface area contributed by atoms with Gasteiger partial charge >= 0.3 is 0 Å². The van der Waals surface area contributed by atoms with Crippen molar-refractivity contribution in [3.8, 4) is 5.69 Å². The fraction of sp³-hybridized carbons (Fsp3) is 0.105. The predicted molar refractivity (Wildman–Crippen MR) is 101 cm³/mol. The molecule has 0 N–H and O–H groups in total. The molecular weight excluding hydrogens is 343 g/mol. The van der Waals surface area contributed by atoms with Crippen LogP contribution in [0.5, 0.6) is 0 Å². The molecule has 0 saturated carbocycles. The topological polar surface area (TPSA) is 26.9 Å². The van der Waals surface area contributed by atoms with E-state index < -0.39 is 0 Å². The van der Waals surface area contributed by atoms with E-state index in [0.29, 0.717) is 15.6 Å². The maximum atomic E-state index is 12.8. The first-order valence-electron chi connectivity index (χ1n) is 7.46. The molecule has 0 aliphatic rings. The van der Waals surface area contributed by atoms with Gasteiger partial charge in [0.2, 0.25) is 0 Å². The molecule has 5 heteroatoms. The molecule has 1 aromatic heterocycles. The van der Waals surface area contributed by atoms with Crippen LogP contribution >= 0.6 is 23.2 Å². The Bertz CT molecular complexity index is 969. The number of para-hydroxylation sites is 1. The molecule has 3 rings (SSSR count). The second-order valence-corrected chi connectivity index (χ2v) is 6.32.